The largest absolute Gasteiger partial charge is 0.345 e. The zero-order valence-electron chi connectivity index (χ0n) is 12.0. The van der Waals surface area contributed by atoms with Crippen LogP contribution >= 0.6 is 23.2 Å². The van der Waals surface area contributed by atoms with E-state index in [1.54, 1.807) is 24.3 Å². The van der Waals surface area contributed by atoms with Crippen LogP contribution in [0.2, 0.25) is 10.0 Å². The maximum Gasteiger partial charge on any atom is 0.244 e. The number of carbonyl (C=O) groups excluding carboxylic acids is 1. The number of para-hydroxylation sites is 2. The molecule has 0 unspecified atom stereocenters. The summed E-state index contributed by atoms with van der Waals surface area (Å²) >= 11 is 11.9. The summed E-state index contributed by atoms with van der Waals surface area (Å²) in [6.45, 7) is 0.321. The average molecular weight is 346 g/mol. The molecule has 4 nitrogen and oxygen atoms in total. The van der Waals surface area contributed by atoms with Crippen molar-refractivity contribution in [3.63, 3.8) is 0 Å². The van der Waals surface area contributed by atoms with Crippen LogP contribution in [0.25, 0.3) is 17.1 Å². The Morgan fingerprint density at radius 1 is 1.22 bits per heavy atom. The van der Waals surface area contributed by atoms with Crippen molar-refractivity contribution in [3.8, 4) is 0 Å². The molecular formula is C17H13Cl2N3O. The highest BCUT2D eigenvalue weighted by atomic mass is 35.5. The van der Waals surface area contributed by atoms with E-state index in [0.717, 1.165) is 11.0 Å². The molecule has 116 valence electrons. The highest BCUT2D eigenvalue weighted by molar-refractivity contribution is 6.34. The summed E-state index contributed by atoms with van der Waals surface area (Å²) in [5.74, 6) is 0.468. The first-order valence-electron chi connectivity index (χ1n) is 6.96. The van der Waals surface area contributed by atoms with Crippen LogP contribution in [0.1, 0.15) is 11.4 Å². The van der Waals surface area contributed by atoms with Crippen molar-refractivity contribution in [2.45, 2.75) is 6.54 Å². The molecule has 0 bridgehead atoms. The van der Waals surface area contributed by atoms with Crippen molar-refractivity contribution < 1.29 is 4.79 Å². The lowest BCUT2D eigenvalue weighted by Gasteiger charge is -2.00. The Kier molecular flexibility index (Phi) is 4.65. The van der Waals surface area contributed by atoms with Crippen LogP contribution in [0.3, 0.4) is 0 Å². The van der Waals surface area contributed by atoms with Crippen molar-refractivity contribution in [1.29, 1.82) is 0 Å². The van der Waals surface area contributed by atoms with Gasteiger partial charge in [-0.1, -0.05) is 35.3 Å². The van der Waals surface area contributed by atoms with Gasteiger partial charge in [0.05, 0.1) is 17.6 Å². The predicted octanol–water partition coefficient (Wildman–Crippen LogP) is 4.20. The second kappa shape index (κ2) is 6.86. The minimum Gasteiger partial charge on any atom is -0.345 e. The molecule has 0 fully saturated rings. The highest BCUT2D eigenvalue weighted by Gasteiger charge is 2.03. The molecule has 0 saturated heterocycles. The zero-order valence-corrected chi connectivity index (χ0v) is 13.5. The van der Waals surface area contributed by atoms with Crippen LogP contribution in [-0.4, -0.2) is 15.9 Å². The molecule has 23 heavy (non-hydrogen) atoms. The number of imidazole rings is 1. The van der Waals surface area contributed by atoms with Gasteiger partial charge in [0.25, 0.3) is 0 Å². The third-order valence-electron chi connectivity index (χ3n) is 3.24. The number of halogens is 2. The first-order chi connectivity index (χ1) is 11.1. The number of H-pyrrole nitrogens is 1. The van der Waals surface area contributed by atoms with E-state index < -0.39 is 0 Å². The van der Waals surface area contributed by atoms with Gasteiger partial charge < -0.3 is 10.3 Å². The number of aromatic nitrogens is 2. The SMILES string of the molecule is O=C(/C=C/c1cc(Cl)ccc1Cl)NCc1nc2ccccc2[nH]1. The van der Waals surface area contributed by atoms with Crippen molar-refractivity contribution >= 4 is 46.2 Å². The van der Waals surface area contributed by atoms with Crippen LogP contribution in [0, 0.1) is 0 Å². The summed E-state index contributed by atoms with van der Waals surface area (Å²) in [6, 6.07) is 12.8. The molecule has 1 aromatic heterocycles. The minimum absolute atomic E-state index is 0.235. The molecule has 0 aliphatic heterocycles. The number of fused-ring (bicyclic) bond motifs is 1. The lowest BCUT2D eigenvalue weighted by atomic mass is 10.2. The van der Waals surface area contributed by atoms with E-state index in [1.165, 1.54) is 6.08 Å². The summed E-state index contributed by atoms with van der Waals surface area (Å²) in [5, 5.41) is 3.87. The van der Waals surface area contributed by atoms with Gasteiger partial charge in [0.1, 0.15) is 5.82 Å². The Morgan fingerprint density at radius 3 is 2.87 bits per heavy atom. The fraction of sp³-hybridized carbons (Fsp3) is 0.0588. The van der Waals surface area contributed by atoms with E-state index in [0.29, 0.717) is 28.0 Å². The second-order valence-corrected chi connectivity index (χ2v) is 5.76. The number of rotatable bonds is 4. The molecule has 6 heteroatoms. The molecule has 0 radical (unpaired) electrons. The molecule has 2 aromatic carbocycles. The Labute approximate surface area is 143 Å². The molecule has 1 heterocycles. The summed E-state index contributed by atoms with van der Waals surface area (Å²) in [4.78, 5) is 19.4. The molecule has 0 aliphatic rings. The third kappa shape index (κ3) is 3.92. The van der Waals surface area contributed by atoms with Gasteiger partial charge in [-0.05, 0) is 42.0 Å². The average Bonchev–Trinajstić information content (AvgIpc) is 2.96. The number of amides is 1. The highest BCUT2D eigenvalue weighted by Crippen LogP contribution is 2.21. The molecule has 0 aliphatic carbocycles. The standard InChI is InChI=1S/C17H13Cl2N3O/c18-12-6-7-13(19)11(9-12)5-8-17(23)20-10-16-21-14-3-1-2-4-15(14)22-16/h1-9H,10H2,(H,20,23)(H,21,22)/b8-5+. The summed E-state index contributed by atoms with van der Waals surface area (Å²) in [7, 11) is 0. The lowest BCUT2D eigenvalue weighted by Crippen LogP contribution is -2.20. The van der Waals surface area contributed by atoms with E-state index >= 15 is 0 Å². The van der Waals surface area contributed by atoms with Gasteiger partial charge in [0.2, 0.25) is 5.91 Å². The third-order valence-corrected chi connectivity index (χ3v) is 3.82. The fourth-order valence-corrected chi connectivity index (χ4v) is 2.49. The van der Waals surface area contributed by atoms with Crippen LogP contribution in [-0.2, 0) is 11.3 Å². The van der Waals surface area contributed by atoms with Gasteiger partial charge in [0.15, 0.2) is 0 Å². The second-order valence-electron chi connectivity index (χ2n) is 4.92. The monoisotopic (exact) mass is 345 g/mol. The van der Waals surface area contributed by atoms with Gasteiger partial charge in [-0.2, -0.15) is 0 Å². The molecule has 0 atom stereocenters. The number of aromatic amines is 1. The normalized spacial score (nSPS) is 11.2. The quantitative estimate of drug-likeness (QED) is 0.696. The molecule has 2 N–H and O–H groups in total. The van der Waals surface area contributed by atoms with Gasteiger partial charge in [-0.15, -0.1) is 0 Å². The maximum absolute atomic E-state index is 11.9. The van der Waals surface area contributed by atoms with E-state index in [9.17, 15) is 4.79 Å². The Bertz CT molecular complexity index is 853. The molecule has 0 spiro atoms. The number of nitrogens with one attached hydrogen (secondary N) is 2. The topological polar surface area (TPSA) is 57.8 Å². The molecule has 3 aromatic rings. The van der Waals surface area contributed by atoms with Crippen molar-refractivity contribution in [3.05, 3.63) is 70.0 Å². The number of nitrogens with zero attached hydrogens (tertiary/aromatic N) is 1. The van der Waals surface area contributed by atoms with Crippen LogP contribution in [0.15, 0.2) is 48.5 Å². The van der Waals surface area contributed by atoms with Crippen LogP contribution in [0.4, 0.5) is 0 Å². The van der Waals surface area contributed by atoms with Gasteiger partial charge in [-0.3, -0.25) is 4.79 Å². The van der Waals surface area contributed by atoms with Crippen molar-refractivity contribution in [2.24, 2.45) is 0 Å². The first-order valence-corrected chi connectivity index (χ1v) is 7.72. The maximum atomic E-state index is 11.9. The molecule has 0 saturated carbocycles. The summed E-state index contributed by atoms with van der Waals surface area (Å²) in [6.07, 6.45) is 3.04. The van der Waals surface area contributed by atoms with Crippen LogP contribution in [0.5, 0.6) is 0 Å². The zero-order chi connectivity index (χ0) is 16.2. The number of carbonyl (C=O) groups is 1. The Hall–Kier alpha value is -2.30. The number of benzene rings is 2. The van der Waals surface area contributed by atoms with Crippen molar-refractivity contribution in [2.75, 3.05) is 0 Å². The predicted molar refractivity (Wildman–Crippen MR) is 93.4 cm³/mol. The number of hydrogen-bond acceptors (Lipinski definition) is 2. The number of hydrogen-bond donors (Lipinski definition) is 2. The van der Waals surface area contributed by atoms with E-state index in [2.05, 4.69) is 15.3 Å². The Morgan fingerprint density at radius 2 is 2.04 bits per heavy atom. The lowest BCUT2D eigenvalue weighted by molar-refractivity contribution is -0.116. The van der Waals surface area contributed by atoms with E-state index in [4.69, 9.17) is 23.2 Å². The molecule has 3 rings (SSSR count). The van der Waals surface area contributed by atoms with E-state index in [1.807, 2.05) is 24.3 Å². The smallest absolute Gasteiger partial charge is 0.244 e. The first kappa shape index (κ1) is 15.6. The van der Waals surface area contributed by atoms with Gasteiger partial charge in [0, 0.05) is 16.1 Å². The van der Waals surface area contributed by atoms with Crippen LogP contribution < -0.4 is 5.32 Å². The fourth-order valence-electron chi connectivity index (χ4n) is 2.13. The Balaban J connectivity index is 1.63. The molecular weight excluding hydrogens is 333 g/mol. The molecule has 1 amide bonds. The van der Waals surface area contributed by atoms with Gasteiger partial charge in [-0.25, -0.2) is 4.98 Å². The minimum atomic E-state index is -0.235. The summed E-state index contributed by atoms with van der Waals surface area (Å²) < 4.78 is 0. The summed E-state index contributed by atoms with van der Waals surface area (Å²) in [5.41, 5.74) is 2.51. The van der Waals surface area contributed by atoms with Crippen molar-refractivity contribution in [1.82, 2.24) is 15.3 Å². The van der Waals surface area contributed by atoms with Gasteiger partial charge >= 0.3 is 0 Å². The van der Waals surface area contributed by atoms with E-state index in [-0.39, 0.29) is 5.91 Å².